The molecule has 2 aromatic carbocycles. The third kappa shape index (κ3) is 1.88. The summed E-state index contributed by atoms with van der Waals surface area (Å²) < 4.78 is 2.78. The maximum atomic E-state index is 11.0. The summed E-state index contributed by atoms with van der Waals surface area (Å²) in [6.45, 7) is 1.53. The van der Waals surface area contributed by atoms with E-state index in [-0.39, 0.29) is 5.91 Å². The molecule has 3 rings (SSSR count). The first-order valence-corrected chi connectivity index (χ1v) is 7.14. The second kappa shape index (κ2) is 4.02. The summed E-state index contributed by atoms with van der Waals surface area (Å²) in [6.07, 6.45) is 0. The Morgan fingerprint density at radius 1 is 1.06 bits per heavy atom. The zero-order chi connectivity index (χ0) is 11.8. The van der Waals surface area contributed by atoms with Crippen LogP contribution in [0.3, 0.4) is 0 Å². The Bertz CT molecular complexity index is 714. The molecule has 1 heterocycles. The number of anilines is 1. The molecule has 0 saturated heterocycles. The van der Waals surface area contributed by atoms with Crippen LogP contribution in [0.1, 0.15) is 6.92 Å². The third-order valence-corrected chi connectivity index (χ3v) is 5.08. The van der Waals surface area contributed by atoms with Crippen molar-refractivity contribution in [2.45, 2.75) is 6.92 Å². The van der Waals surface area contributed by atoms with E-state index in [1.165, 1.54) is 26.2 Å². The number of rotatable bonds is 1. The van der Waals surface area contributed by atoms with Crippen molar-refractivity contribution in [1.82, 2.24) is 0 Å². The van der Waals surface area contributed by atoms with Gasteiger partial charge in [-0.2, -0.15) is 0 Å². The van der Waals surface area contributed by atoms with Gasteiger partial charge in [0.1, 0.15) is 0 Å². The van der Waals surface area contributed by atoms with E-state index in [1.54, 1.807) is 0 Å². The Labute approximate surface area is 105 Å². The van der Waals surface area contributed by atoms with Gasteiger partial charge < -0.3 is 0 Å². The van der Waals surface area contributed by atoms with Crippen LogP contribution < -0.4 is 5.32 Å². The van der Waals surface area contributed by atoms with Crippen molar-refractivity contribution in [1.29, 1.82) is 0 Å². The summed E-state index contributed by atoms with van der Waals surface area (Å²) in [5.41, 5.74) is 0.894. The summed E-state index contributed by atoms with van der Waals surface area (Å²) in [7, 11) is 0. The first-order valence-electron chi connectivity index (χ1n) is 5.43. The summed E-state index contributed by atoms with van der Waals surface area (Å²) in [4.78, 5) is 11.0. The van der Waals surface area contributed by atoms with E-state index >= 15 is 0 Å². The second-order valence-corrected chi connectivity index (χ2v) is 6.26. The van der Waals surface area contributed by atoms with E-state index < -0.39 is 0 Å². The number of hydrogen-bond donors (Lipinski definition) is 1. The van der Waals surface area contributed by atoms with Gasteiger partial charge in [-0.1, -0.05) is 0 Å². The molecule has 0 bridgehead atoms. The molecule has 17 heavy (non-hydrogen) atoms. The molecule has 1 aromatic heterocycles. The molecule has 3 aromatic rings. The predicted molar refractivity (Wildman–Crippen MR) is 72.7 cm³/mol. The van der Waals surface area contributed by atoms with Crippen molar-refractivity contribution in [3.8, 4) is 0 Å². The van der Waals surface area contributed by atoms with Crippen molar-refractivity contribution in [3.05, 3.63) is 42.5 Å². The topological polar surface area (TPSA) is 29.1 Å². The van der Waals surface area contributed by atoms with E-state index in [1.807, 2.05) is 6.07 Å². The molecule has 1 N–H and O–H groups in total. The van der Waals surface area contributed by atoms with Gasteiger partial charge in [0, 0.05) is 0 Å². The molecule has 0 spiro atoms. The van der Waals surface area contributed by atoms with Crippen LogP contribution in [0.15, 0.2) is 42.5 Å². The number of carbonyl (C=O) groups is 1. The monoisotopic (exact) mass is 289 g/mol. The van der Waals surface area contributed by atoms with Gasteiger partial charge in [-0.05, 0) is 0 Å². The molecule has 84 valence electrons. The molecule has 2 nitrogen and oxygen atoms in total. The van der Waals surface area contributed by atoms with Crippen LogP contribution in [0.25, 0.3) is 19.3 Å². The Balaban J connectivity index is 2.23. The summed E-state index contributed by atoms with van der Waals surface area (Å²) in [6, 6.07) is 14.7. The van der Waals surface area contributed by atoms with Crippen LogP contribution in [-0.4, -0.2) is 20.4 Å². The van der Waals surface area contributed by atoms with Gasteiger partial charge in [0.15, 0.2) is 0 Å². The Morgan fingerprint density at radius 2 is 1.82 bits per heavy atom. The van der Waals surface area contributed by atoms with Crippen LogP contribution >= 0.6 is 0 Å². The molecule has 0 unspecified atom stereocenters. The summed E-state index contributed by atoms with van der Waals surface area (Å²) in [5.74, 6) is -0.0204. The van der Waals surface area contributed by atoms with Gasteiger partial charge in [0.25, 0.3) is 0 Å². The van der Waals surface area contributed by atoms with Crippen molar-refractivity contribution >= 4 is 45.4 Å². The SMILES string of the molecule is CC(=O)Nc1ccc2c(c1)[se]c1ccccc12. The van der Waals surface area contributed by atoms with E-state index in [4.69, 9.17) is 0 Å². The van der Waals surface area contributed by atoms with E-state index in [2.05, 4.69) is 41.7 Å². The van der Waals surface area contributed by atoms with Crippen LogP contribution in [-0.2, 0) is 4.79 Å². The zero-order valence-electron chi connectivity index (χ0n) is 9.36. The standard InChI is InChI=1S/C14H11NOSe/c1-9(16)15-10-6-7-12-11-4-2-3-5-13(11)17-14(12)8-10/h2-8H,1H3,(H,15,16). The first-order chi connectivity index (χ1) is 8.24. The Kier molecular flexibility index (Phi) is 2.50. The molecular formula is C14H11NOSe. The number of fused-ring (bicyclic) bond motifs is 3. The first kappa shape index (κ1) is 10.6. The minimum absolute atomic E-state index is 0.0204. The van der Waals surface area contributed by atoms with E-state index in [0.29, 0.717) is 14.5 Å². The third-order valence-electron chi connectivity index (χ3n) is 2.70. The fourth-order valence-electron chi connectivity index (χ4n) is 2.01. The zero-order valence-corrected chi connectivity index (χ0v) is 11.1. The molecule has 0 saturated carbocycles. The molecule has 3 heteroatoms. The Hall–Kier alpha value is -1.57. The van der Waals surface area contributed by atoms with Crippen LogP contribution in [0.4, 0.5) is 5.69 Å². The summed E-state index contributed by atoms with van der Waals surface area (Å²) in [5, 5.41) is 5.49. The average molecular weight is 288 g/mol. The number of carbonyl (C=O) groups excluding carboxylic acids is 1. The van der Waals surface area contributed by atoms with Crippen molar-refractivity contribution in [2.75, 3.05) is 5.32 Å². The molecule has 0 aliphatic rings. The molecule has 0 aliphatic heterocycles. The Morgan fingerprint density at radius 3 is 2.65 bits per heavy atom. The molecule has 1 amide bonds. The van der Waals surface area contributed by atoms with E-state index in [9.17, 15) is 4.79 Å². The number of hydrogen-bond acceptors (Lipinski definition) is 1. The van der Waals surface area contributed by atoms with Gasteiger partial charge >= 0.3 is 105 Å². The average Bonchev–Trinajstić information content (AvgIpc) is 2.65. The normalized spacial score (nSPS) is 10.9. The van der Waals surface area contributed by atoms with Crippen LogP contribution in [0.5, 0.6) is 0 Å². The van der Waals surface area contributed by atoms with Crippen molar-refractivity contribution in [3.63, 3.8) is 0 Å². The molecule has 0 aliphatic carbocycles. The van der Waals surface area contributed by atoms with Gasteiger partial charge in [0.2, 0.25) is 0 Å². The number of benzene rings is 2. The summed E-state index contributed by atoms with van der Waals surface area (Å²) >= 11 is 0.362. The predicted octanol–water partition coefficient (Wildman–Crippen LogP) is 3.01. The quantitative estimate of drug-likeness (QED) is 0.685. The van der Waals surface area contributed by atoms with Gasteiger partial charge in [-0.25, -0.2) is 0 Å². The number of nitrogens with one attached hydrogen (secondary N) is 1. The molecular weight excluding hydrogens is 277 g/mol. The van der Waals surface area contributed by atoms with E-state index in [0.717, 1.165) is 5.69 Å². The van der Waals surface area contributed by atoms with Crippen molar-refractivity contribution < 1.29 is 4.79 Å². The number of amides is 1. The minimum atomic E-state index is -0.0204. The van der Waals surface area contributed by atoms with Crippen molar-refractivity contribution in [2.24, 2.45) is 0 Å². The van der Waals surface area contributed by atoms with Crippen LogP contribution in [0.2, 0.25) is 0 Å². The maximum absolute atomic E-state index is 11.0. The second-order valence-electron chi connectivity index (χ2n) is 3.99. The fourth-order valence-corrected chi connectivity index (χ4v) is 4.41. The van der Waals surface area contributed by atoms with Gasteiger partial charge in [0.05, 0.1) is 0 Å². The molecule has 0 fully saturated rings. The molecule has 0 radical (unpaired) electrons. The van der Waals surface area contributed by atoms with Crippen LogP contribution in [0, 0.1) is 0 Å². The fraction of sp³-hybridized carbons (Fsp3) is 0.0714. The molecule has 0 atom stereocenters. The van der Waals surface area contributed by atoms with Gasteiger partial charge in [-0.15, -0.1) is 0 Å². The van der Waals surface area contributed by atoms with Gasteiger partial charge in [-0.3, -0.25) is 0 Å².